The maximum Gasteiger partial charge on any atom is 0.222 e. The Labute approximate surface area is 154 Å². The zero-order chi connectivity index (χ0) is 17.8. The van der Waals surface area contributed by atoms with Crippen LogP contribution in [0.1, 0.15) is 37.7 Å². The maximum absolute atomic E-state index is 12.4. The number of carbonyl (C=O) groups excluding carboxylic acids is 1. The lowest BCUT2D eigenvalue weighted by atomic mass is 9.72. The summed E-state index contributed by atoms with van der Waals surface area (Å²) in [4.78, 5) is 21.1. The first-order chi connectivity index (χ1) is 12.7. The van der Waals surface area contributed by atoms with Crippen LogP contribution < -0.4 is 0 Å². The average Bonchev–Trinajstić information content (AvgIpc) is 3.34. The van der Waals surface area contributed by atoms with E-state index in [1.54, 1.807) is 12.5 Å². The van der Waals surface area contributed by atoms with Gasteiger partial charge >= 0.3 is 0 Å². The molecule has 2 saturated heterocycles. The van der Waals surface area contributed by atoms with E-state index in [4.69, 9.17) is 4.42 Å². The van der Waals surface area contributed by atoms with E-state index in [0.29, 0.717) is 17.7 Å². The van der Waals surface area contributed by atoms with Gasteiger partial charge in [-0.15, -0.1) is 0 Å². The molecule has 1 amide bonds. The Kier molecular flexibility index (Phi) is 5.11. The number of hydrogen-bond donors (Lipinski definition) is 0. The lowest BCUT2D eigenvalue weighted by molar-refractivity contribution is -0.139. The number of imidazole rings is 1. The first-order valence-corrected chi connectivity index (χ1v) is 9.69. The molecule has 0 N–H and O–H groups in total. The fraction of sp³-hybridized carbons (Fsp3) is 0.600. The largest absolute Gasteiger partial charge is 0.472 e. The van der Waals surface area contributed by atoms with Crippen molar-refractivity contribution in [2.45, 2.75) is 45.2 Å². The van der Waals surface area contributed by atoms with Crippen LogP contribution in [0.5, 0.6) is 0 Å². The molecule has 1 spiro atoms. The van der Waals surface area contributed by atoms with Crippen molar-refractivity contribution < 1.29 is 9.21 Å². The van der Waals surface area contributed by atoms with Crippen LogP contribution in [0.4, 0.5) is 0 Å². The number of carbonyl (C=O) groups is 1. The molecule has 0 unspecified atom stereocenters. The number of amides is 1. The van der Waals surface area contributed by atoms with Crippen molar-refractivity contribution in [1.29, 1.82) is 0 Å². The molecule has 6 nitrogen and oxygen atoms in total. The van der Waals surface area contributed by atoms with Gasteiger partial charge in [-0.3, -0.25) is 9.69 Å². The number of hydrogen-bond acceptors (Lipinski definition) is 4. The molecular formula is C20H28N4O2. The van der Waals surface area contributed by atoms with Gasteiger partial charge in [0.15, 0.2) is 0 Å². The number of piperidine rings is 2. The van der Waals surface area contributed by atoms with Crippen LogP contribution in [-0.4, -0.2) is 51.4 Å². The van der Waals surface area contributed by atoms with Gasteiger partial charge in [-0.2, -0.15) is 0 Å². The van der Waals surface area contributed by atoms with Crippen molar-refractivity contribution in [2.75, 3.05) is 26.2 Å². The first-order valence-electron chi connectivity index (χ1n) is 9.69. The summed E-state index contributed by atoms with van der Waals surface area (Å²) in [7, 11) is 0. The van der Waals surface area contributed by atoms with Crippen molar-refractivity contribution in [3.8, 4) is 0 Å². The first kappa shape index (κ1) is 17.3. The number of rotatable bonds is 6. The highest BCUT2D eigenvalue weighted by Crippen LogP contribution is 2.40. The van der Waals surface area contributed by atoms with Crippen LogP contribution in [-0.2, 0) is 17.9 Å². The number of aromatic nitrogens is 2. The Bertz CT molecular complexity index is 687. The Morgan fingerprint density at radius 1 is 1.19 bits per heavy atom. The van der Waals surface area contributed by atoms with Gasteiger partial charge in [-0.25, -0.2) is 4.98 Å². The van der Waals surface area contributed by atoms with Gasteiger partial charge in [0.05, 0.1) is 18.9 Å². The summed E-state index contributed by atoms with van der Waals surface area (Å²) >= 11 is 0. The molecule has 0 radical (unpaired) electrons. The van der Waals surface area contributed by atoms with Crippen molar-refractivity contribution in [2.24, 2.45) is 5.41 Å². The van der Waals surface area contributed by atoms with Crippen LogP contribution >= 0.6 is 0 Å². The highest BCUT2D eigenvalue weighted by molar-refractivity contribution is 5.77. The molecule has 2 aromatic heterocycles. The molecule has 4 heterocycles. The smallest absolute Gasteiger partial charge is 0.222 e. The monoisotopic (exact) mass is 356 g/mol. The van der Waals surface area contributed by atoms with Gasteiger partial charge in [0.1, 0.15) is 0 Å². The number of likely N-dealkylation sites (tertiary alicyclic amines) is 2. The number of aryl methyl sites for hydroxylation is 1. The summed E-state index contributed by atoms with van der Waals surface area (Å²) in [6.07, 6.45) is 14.4. The Morgan fingerprint density at radius 3 is 2.81 bits per heavy atom. The predicted molar refractivity (Wildman–Crippen MR) is 98.3 cm³/mol. The molecule has 0 aromatic carbocycles. The minimum atomic E-state index is 0.329. The van der Waals surface area contributed by atoms with Crippen LogP contribution in [0.25, 0.3) is 0 Å². The van der Waals surface area contributed by atoms with Gasteiger partial charge in [0, 0.05) is 50.6 Å². The third kappa shape index (κ3) is 4.01. The Morgan fingerprint density at radius 2 is 2.08 bits per heavy atom. The van der Waals surface area contributed by atoms with Gasteiger partial charge in [0.2, 0.25) is 5.91 Å². The summed E-state index contributed by atoms with van der Waals surface area (Å²) in [6.45, 7) is 5.92. The second-order valence-electron chi connectivity index (χ2n) is 7.88. The lowest BCUT2D eigenvalue weighted by Gasteiger charge is -2.47. The minimum Gasteiger partial charge on any atom is -0.472 e. The fourth-order valence-electron chi connectivity index (χ4n) is 4.40. The van der Waals surface area contributed by atoms with Crippen LogP contribution in [0.15, 0.2) is 41.7 Å². The van der Waals surface area contributed by atoms with E-state index in [9.17, 15) is 4.79 Å². The van der Waals surface area contributed by atoms with E-state index in [-0.39, 0.29) is 0 Å². The second kappa shape index (κ2) is 7.66. The molecule has 140 valence electrons. The molecule has 0 saturated carbocycles. The van der Waals surface area contributed by atoms with Gasteiger partial charge in [-0.05, 0) is 50.3 Å². The third-order valence-corrected chi connectivity index (χ3v) is 6.05. The zero-order valence-corrected chi connectivity index (χ0v) is 15.3. The van der Waals surface area contributed by atoms with Gasteiger partial charge in [-0.1, -0.05) is 0 Å². The molecule has 2 aliphatic heterocycles. The molecule has 4 rings (SSSR count). The van der Waals surface area contributed by atoms with E-state index in [1.807, 2.05) is 24.9 Å². The third-order valence-electron chi connectivity index (χ3n) is 6.05. The predicted octanol–water partition coefficient (Wildman–Crippen LogP) is 2.77. The number of nitrogens with zero attached hydrogens (tertiary/aromatic N) is 4. The van der Waals surface area contributed by atoms with Crippen LogP contribution in [0.3, 0.4) is 0 Å². The van der Waals surface area contributed by atoms with Gasteiger partial charge < -0.3 is 13.9 Å². The molecule has 26 heavy (non-hydrogen) atoms. The summed E-state index contributed by atoms with van der Waals surface area (Å²) in [5.74, 6) is 0.335. The standard InChI is InChI=1S/C20H28N4O2/c25-19-2-4-20(16-24(19)9-1-8-23-12-7-21-17-23)5-10-22(11-6-20)14-18-3-13-26-15-18/h3,7,12-13,15,17H,1-2,4-6,8-11,14,16H2. The van der Waals surface area contributed by atoms with Crippen molar-refractivity contribution in [3.05, 3.63) is 42.9 Å². The maximum atomic E-state index is 12.4. The molecule has 2 fully saturated rings. The van der Waals surface area contributed by atoms with E-state index in [0.717, 1.165) is 52.1 Å². The number of furan rings is 1. The van der Waals surface area contributed by atoms with Gasteiger partial charge in [0.25, 0.3) is 0 Å². The van der Waals surface area contributed by atoms with E-state index >= 15 is 0 Å². The fourth-order valence-corrected chi connectivity index (χ4v) is 4.40. The summed E-state index contributed by atoms with van der Waals surface area (Å²) in [5, 5.41) is 0. The molecule has 2 aromatic rings. The van der Waals surface area contributed by atoms with Crippen LogP contribution in [0.2, 0.25) is 0 Å². The van der Waals surface area contributed by atoms with Crippen LogP contribution in [0, 0.1) is 5.41 Å². The zero-order valence-electron chi connectivity index (χ0n) is 15.3. The Balaban J connectivity index is 1.27. The van der Waals surface area contributed by atoms with Crippen molar-refractivity contribution in [3.63, 3.8) is 0 Å². The normalized spacial score (nSPS) is 20.8. The highest BCUT2D eigenvalue weighted by Gasteiger charge is 2.40. The van der Waals surface area contributed by atoms with Crippen molar-refractivity contribution >= 4 is 5.91 Å². The molecule has 6 heteroatoms. The minimum absolute atomic E-state index is 0.329. The molecule has 0 aliphatic carbocycles. The highest BCUT2D eigenvalue weighted by atomic mass is 16.3. The second-order valence-corrected chi connectivity index (χ2v) is 7.88. The summed E-state index contributed by atoms with van der Waals surface area (Å²) in [6, 6.07) is 2.05. The molecular weight excluding hydrogens is 328 g/mol. The topological polar surface area (TPSA) is 54.5 Å². The molecule has 0 bridgehead atoms. The molecule has 2 aliphatic rings. The summed E-state index contributed by atoms with van der Waals surface area (Å²) in [5.41, 5.74) is 1.58. The summed E-state index contributed by atoms with van der Waals surface area (Å²) < 4.78 is 7.26. The Hall–Kier alpha value is -2.08. The average molecular weight is 356 g/mol. The lowest BCUT2D eigenvalue weighted by Crippen LogP contribution is -2.51. The SMILES string of the molecule is O=C1CCC2(CCN(Cc3ccoc3)CC2)CN1CCCn1ccnc1. The van der Waals surface area contributed by atoms with Crippen molar-refractivity contribution in [1.82, 2.24) is 19.4 Å². The quantitative estimate of drug-likeness (QED) is 0.799. The van der Waals surface area contributed by atoms with E-state index in [1.165, 1.54) is 18.4 Å². The van der Waals surface area contributed by atoms with E-state index in [2.05, 4.69) is 19.4 Å². The molecule has 0 atom stereocenters. The van der Waals surface area contributed by atoms with E-state index < -0.39 is 0 Å².